The first kappa shape index (κ1) is 14.2. The highest BCUT2D eigenvalue weighted by Crippen LogP contribution is 2.51. The predicted molar refractivity (Wildman–Crippen MR) is 79.5 cm³/mol. The summed E-state index contributed by atoms with van der Waals surface area (Å²) >= 11 is 12.4. The van der Waals surface area contributed by atoms with Crippen molar-refractivity contribution in [3.05, 3.63) is 33.8 Å². The van der Waals surface area contributed by atoms with Gasteiger partial charge < -0.3 is 5.32 Å². The summed E-state index contributed by atoms with van der Waals surface area (Å²) in [4.78, 5) is 0. The van der Waals surface area contributed by atoms with E-state index in [0.717, 1.165) is 5.02 Å². The Morgan fingerprint density at radius 2 is 1.94 bits per heavy atom. The molecule has 1 aliphatic carbocycles. The molecule has 18 heavy (non-hydrogen) atoms. The lowest BCUT2D eigenvalue weighted by atomic mass is 9.73. The Morgan fingerprint density at radius 1 is 1.28 bits per heavy atom. The van der Waals surface area contributed by atoms with Gasteiger partial charge in [-0.2, -0.15) is 0 Å². The smallest absolute Gasteiger partial charge is 0.0468 e. The highest BCUT2D eigenvalue weighted by Gasteiger charge is 2.40. The number of nitrogens with one attached hydrogen (secondary N) is 1. The summed E-state index contributed by atoms with van der Waals surface area (Å²) in [6, 6.07) is 6.18. The van der Waals surface area contributed by atoms with Gasteiger partial charge in [-0.15, -0.1) is 0 Å². The van der Waals surface area contributed by atoms with Crippen molar-refractivity contribution in [3.63, 3.8) is 0 Å². The third-order valence-corrected chi connectivity index (χ3v) is 5.04. The molecule has 1 aromatic rings. The number of benzene rings is 1. The minimum absolute atomic E-state index is 0.328. The lowest BCUT2D eigenvalue weighted by Crippen LogP contribution is -2.34. The lowest BCUT2D eigenvalue weighted by molar-refractivity contribution is 0.195. The van der Waals surface area contributed by atoms with E-state index in [4.69, 9.17) is 23.2 Å². The zero-order chi connectivity index (χ0) is 13.2. The molecule has 0 saturated heterocycles. The van der Waals surface area contributed by atoms with E-state index >= 15 is 0 Å². The van der Waals surface area contributed by atoms with E-state index in [1.54, 1.807) is 0 Å². The van der Waals surface area contributed by atoms with Crippen LogP contribution in [0.25, 0.3) is 0 Å². The maximum absolute atomic E-state index is 6.38. The van der Waals surface area contributed by atoms with Crippen LogP contribution in [0.4, 0.5) is 0 Å². The average Bonchev–Trinajstić information content (AvgIpc) is 2.83. The summed E-state index contributed by atoms with van der Waals surface area (Å²) < 4.78 is 0. The summed E-state index contributed by atoms with van der Waals surface area (Å²) in [5.74, 6) is 0. The molecule has 2 rings (SSSR count). The van der Waals surface area contributed by atoms with Crippen molar-refractivity contribution in [3.8, 4) is 0 Å². The summed E-state index contributed by atoms with van der Waals surface area (Å²) in [7, 11) is 2.03. The Hall–Kier alpha value is -0.240. The Labute approximate surface area is 120 Å². The Kier molecular flexibility index (Phi) is 4.58. The minimum Gasteiger partial charge on any atom is -0.312 e. The highest BCUT2D eigenvalue weighted by atomic mass is 35.5. The molecule has 3 heteroatoms. The molecule has 0 aliphatic heterocycles. The molecule has 1 nitrogen and oxygen atoms in total. The van der Waals surface area contributed by atoms with Crippen LogP contribution in [0.5, 0.6) is 0 Å². The monoisotopic (exact) mass is 285 g/mol. The van der Waals surface area contributed by atoms with Gasteiger partial charge in [0.25, 0.3) is 0 Å². The van der Waals surface area contributed by atoms with Crippen molar-refractivity contribution in [2.45, 2.75) is 45.1 Å². The minimum atomic E-state index is 0.328. The van der Waals surface area contributed by atoms with Gasteiger partial charge in [0.1, 0.15) is 0 Å². The predicted octanol–water partition coefficient (Wildman–Crippen LogP) is 5.22. The van der Waals surface area contributed by atoms with Gasteiger partial charge in [-0.25, -0.2) is 0 Å². The molecule has 1 atom stereocenters. The SMILES string of the molecule is CCC1(C(NC)c2ccc(Cl)cc2Cl)CCCC1. The van der Waals surface area contributed by atoms with Crippen LogP contribution in [0.15, 0.2) is 18.2 Å². The molecule has 1 saturated carbocycles. The third-order valence-electron chi connectivity index (χ3n) is 4.48. The van der Waals surface area contributed by atoms with Gasteiger partial charge >= 0.3 is 0 Å². The van der Waals surface area contributed by atoms with Crippen LogP contribution < -0.4 is 5.32 Å². The van der Waals surface area contributed by atoms with Crippen molar-refractivity contribution < 1.29 is 0 Å². The molecular weight excluding hydrogens is 265 g/mol. The number of hydrogen-bond donors (Lipinski definition) is 1. The largest absolute Gasteiger partial charge is 0.312 e. The van der Waals surface area contributed by atoms with Crippen molar-refractivity contribution in [1.82, 2.24) is 5.32 Å². The van der Waals surface area contributed by atoms with E-state index in [1.165, 1.54) is 37.7 Å². The van der Waals surface area contributed by atoms with E-state index < -0.39 is 0 Å². The van der Waals surface area contributed by atoms with Crippen LogP contribution in [0.3, 0.4) is 0 Å². The first-order valence-corrected chi connectivity index (χ1v) is 7.51. The fourth-order valence-corrected chi connectivity index (χ4v) is 3.97. The second-order valence-corrected chi connectivity index (χ2v) is 6.15. The van der Waals surface area contributed by atoms with Crippen molar-refractivity contribution in [2.75, 3.05) is 7.05 Å². The molecule has 0 radical (unpaired) electrons. The van der Waals surface area contributed by atoms with Crippen molar-refractivity contribution >= 4 is 23.2 Å². The summed E-state index contributed by atoms with van der Waals surface area (Å²) in [5.41, 5.74) is 1.54. The van der Waals surface area contributed by atoms with Gasteiger partial charge in [0.15, 0.2) is 0 Å². The van der Waals surface area contributed by atoms with Gasteiger partial charge in [-0.3, -0.25) is 0 Å². The van der Waals surface area contributed by atoms with E-state index in [9.17, 15) is 0 Å². The summed E-state index contributed by atoms with van der Waals surface area (Å²) in [6.07, 6.45) is 6.42. The quantitative estimate of drug-likeness (QED) is 0.799. The van der Waals surface area contributed by atoms with Crippen LogP contribution in [0, 0.1) is 5.41 Å². The van der Waals surface area contributed by atoms with E-state index in [0.29, 0.717) is 16.5 Å². The molecule has 0 spiro atoms. The topological polar surface area (TPSA) is 12.0 Å². The van der Waals surface area contributed by atoms with E-state index in [2.05, 4.69) is 18.3 Å². The Morgan fingerprint density at radius 3 is 2.44 bits per heavy atom. The second kappa shape index (κ2) is 5.81. The van der Waals surface area contributed by atoms with Crippen molar-refractivity contribution in [2.24, 2.45) is 5.41 Å². The first-order chi connectivity index (χ1) is 8.63. The van der Waals surface area contributed by atoms with Crippen LogP contribution in [-0.4, -0.2) is 7.05 Å². The van der Waals surface area contributed by atoms with Gasteiger partial charge in [0.05, 0.1) is 0 Å². The summed E-state index contributed by atoms with van der Waals surface area (Å²) in [6.45, 7) is 2.29. The maximum atomic E-state index is 6.38. The van der Waals surface area contributed by atoms with Gasteiger partial charge in [0.2, 0.25) is 0 Å². The molecule has 0 heterocycles. The van der Waals surface area contributed by atoms with Crippen LogP contribution >= 0.6 is 23.2 Å². The number of halogens is 2. The maximum Gasteiger partial charge on any atom is 0.0468 e. The molecule has 0 amide bonds. The van der Waals surface area contributed by atoms with Crippen molar-refractivity contribution in [1.29, 1.82) is 0 Å². The zero-order valence-corrected chi connectivity index (χ0v) is 12.6. The fourth-order valence-electron chi connectivity index (χ4n) is 3.45. The molecule has 1 aromatic carbocycles. The normalized spacial score (nSPS) is 20.0. The molecule has 1 unspecified atom stereocenters. The van der Waals surface area contributed by atoms with E-state index in [1.807, 2.05) is 19.2 Å². The average molecular weight is 286 g/mol. The standard InChI is InChI=1S/C15H21Cl2N/c1-3-15(8-4-5-9-15)14(18-2)12-7-6-11(16)10-13(12)17/h6-7,10,14,18H,3-5,8-9H2,1-2H3. The van der Waals surface area contributed by atoms with Gasteiger partial charge in [-0.05, 0) is 49.4 Å². The van der Waals surface area contributed by atoms with E-state index in [-0.39, 0.29) is 0 Å². The van der Waals surface area contributed by atoms with Crippen LogP contribution in [0.2, 0.25) is 10.0 Å². The van der Waals surface area contributed by atoms with Gasteiger partial charge in [0, 0.05) is 16.1 Å². The molecule has 0 aromatic heterocycles. The molecule has 1 aliphatic rings. The molecule has 0 bridgehead atoms. The highest BCUT2D eigenvalue weighted by molar-refractivity contribution is 6.35. The lowest BCUT2D eigenvalue weighted by Gasteiger charge is -2.37. The van der Waals surface area contributed by atoms with Crippen LogP contribution in [-0.2, 0) is 0 Å². The Bertz CT molecular complexity index is 411. The van der Waals surface area contributed by atoms with Crippen LogP contribution in [0.1, 0.15) is 50.6 Å². The van der Waals surface area contributed by atoms with Gasteiger partial charge in [-0.1, -0.05) is 49.0 Å². The molecule has 1 N–H and O–H groups in total. The zero-order valence-electron chi connectivity index (χ0n) is 11.1. The third kappa shape index (κ3) is 2.54. The number of rotatable bonds is 4. The first-order valence-electron chi connectivity index (χ1n) is 6.75. The molecule has 1 fully saturated rings. The molecular formula is C15H21Cl2N. The second-order valence-electron chi connectivity index (χ2n) is 5.31. The Balaban J connectivity index is 2.38. The fraction of sp³-hybridized carbons (Fsp3) is 0.600. The molecule has 100 valence electrons. The number of hydrogen-bond acceptors (Lipinski definition) is 1. The summed E-state index contributed by atoms with van der Waals surface area (Å²) in [5, 5.41) is 4.97.